The molecule has 2 heteroatoms. The summed E-state index contributed by atoms with van der Waals surface area (Å²) in [5, 5.41) is 0. The molecule has 0 saturated heterocycles. The maximum absolute atomic E-state index is 11.0. The Balaban J connectivity index is 2.30. The van der Waals surface area contributed by atoms with Crippen LogP contribution in [0.2, 0.25) is 0 Å². The number of esters is 1. The average molecular weight is 264 g/mol. The quantitative estimate of drug-likeness (QED) is 0.375. The Hall–Kier alpha value is -1.05. The van der Waals surface area contributed by atoms with Gasteiger partial charge in [-0.1, -0.05) is 50.0 Å². The van der Waals surface area contributed by atoms with Crippen LogP contribution in [0.3, 0.4) is 0 Å². The molecule has 0 spiro atoms. The Labute approximate surface area is 117 Å². The molecule has 1 rings (SSSR count). The van der Waals surface area contributed by atoms with E-state index in [0.717, 1.165) is 25.2 Å². The minimum Gasteiger partial charge on any atom is -0.469 e. The van der Waals surface area contributed by atoms with Gasteiger partial charge in [0.1, 0.15) is 0 Å². The van der Waals surface area contributed by atoms with Gasteiger partial charge in [-0.15, -0.1) is 0 Å². The summed E-state index contributed by atoms with van der Waals surface area (Å²) in [4.78, 5) is 11.0. The van der Waals surface area contributed by atoms with E-state index in [9.17, 15) is 4.79 Å². The molecule has 0 unspecified atom stereocenters. The van der Waals surface area contributed by atoms with E-state index in [1.807, 2.05) is 0 Å². The molecule has 1 fully saturated rings. The van der Waals surface area contributed by atoms with Crippen molar-refractivity contribution in [3.63, 3.8) is 0 Å². The molecular formula is C17H28O2. The second kappa shape index (κ2) is 9.82. The standard InChI is InChI=1S/C17H28O2/c1-3-15(14-16-11-7-4-8-12-16)10-6-5-9-13-17(18)19-2/h6,10,14,16H,3-5,7-9,11-13H2,1-2H3/b10-6+,15-14+. The monoisotopic (exact) mass is 264 g/mol. The van der Waals surface area contributed by atoms with E-state index in [-0.39, 0.29) is 5.97 Å². The van der Waals surface area contributed by atoms with E-state index < -0.39 is 0 Å². The predicted octanol–water partition coefficient (Wildman–Crippen LogP) is 4.80. The molecule has 1 aliphatic rings. The number of unbranched alkanes of at least 4 members (excludes halogenated alkanes) is 1. The number of carbonyl (C=O) groups excluding carboxylic acids is 1. The Morgan fingerprint density at radius 3 is 2.63 bits per heavy atom. The number of hydrogen-bond acceptors (Lipinski definition) is 2. The Bertz CT molecular complexity index is 309. The molecule has 1 aliphatic carbocycles. The fraction of sp³-hybridized carbons (Fsp3) is 0.706. The van der Waals surface area contributed by atoms with Gasteiger partial charge in [0.15, 0.2) is 0 Å². The maximum Gasteiger partial charge on any atom is 0.305 e. The molecule has 108 valence electrons. The third-order valence-corrected chi connectivity index (χ3v) is 3.82. The third-order valence-electron chi connectivity index (χ3n) is 3.82. The summed E-state index contributed by atoms with van der Waals surface area (Å²) in [6.45, 7) is 2.22. The number of hydrogen-bond donors (Lipinski definition) is 0. The lowest BCUT2D eigenvalue weighted by Crippen LogP contribution is -2.03. The molecule has 0 aromatic heterocycles. The van der Waals surface area contributed by atoms with Crippen LogP contribution in [-0.2, 0) is 9.53 Å². The van der Waals surface area contributed by atoms with Gasteiger partial charge < -0.3 is 4.74 Å². The summed E-state index contributed by atoms with van der Waals surface area (Å²) in [7, 11) is 1.44. The number of methoxy groups -OCH3 is 1. The van der Waals surface area contributed by atoms with E-state index in [2.05, 4.69) is 29.9 Å². The van der Waals surface area contributed by atoms with Crippen molar-refractivity contribution in [1.82, 2.24) is 0 Å². The first-order valence-electron chi connectivity index (χ1n) is 7.70. The molecule has 2 nitrogen and oxygen atoms in total. The predicted molar refractivity (Wildman–Crippen MR) is 80.0 cm³/mol. The number of allylic oxidation sites excluding steroid dienone is 4. The Morgan fingerprint density at radius 2 is 2.00 bits per heavy atom. The van der Waals surface area contributed by atoms with Gasteiger partial charge in [-0.25, -0.2) is 0 Å². The van der Waals surface area contributed by atoms with Crippen LogP contribution in [-0.4, -0.2) is 13.1 Å². The van der Waals surface area contributed by atoms with Crippen LogP contribution in [0.15, 0.2) is 23.8 Å². The minimum absolute atomic E-state index is 0.109. The fourth-order valence-corrected chi connectivity index (χ4v) is 2.60. The van der Waals surface area contributed by atoms with Crippen LogP contribution in [0.4, 0.5) is 0 Å². The molecule has 0 bridgehead atoms. The van der Waals surface area contributed by atoms with E-state index in [1.165, 1.54) is 44.8 Å². The van der Waals surface area contributed by atoms with Crippen LogP contribution < -0.4 is 0 Å². The molecule has 0 radical (unpaired) electrons. The van der Waals surface area contributed by atoms with Gasteiger partial charge in [0.25, 0.3) is 0 Å². The van der Waals surface area contributed by atoms with Gasteiger partial charge in [0.2, 0.25) is 0 Å². The van der Waals surface area contributed by atoms with Gasteiger partial charge in [0.05, 0.1) is 7.11 Å². The third kappa shape index (κ3) is 7.19. The molecule has 19 heavy (non-hydrogen) atoms. The minimum atomic E-state index is -0.109. The summed E-state index contributed by atoms with van der Waals surface area (Å²) in [6, 6.07) is 0. The van der Waals surface area contributed by atoms with Crippen molar-refractivity contribution in [2.45, 2.75) is 64.7 Å². The molecule has 0 aromatic rings. The van der Waals surface area contributed by atoms with Crippen molar-refractivity contribution < 1.29 is 9.53 Å². The number of rotatable bonds is 7. The second-order valence-corrected chi connectivity index (χ2v) is 5.36. The highest BCUT2D eigenvalue weighted by molar-refractivity contribution is 5.69. The van der Waals surface area contributed by atoms with Crippen LogP contribution in [0.5, 0.6) is 0 Å². The zero-order valence-corrected chi connectivity index (χ0v) is 12.5. The summed E-state index contributed by atoms with van der Waals surface area (Å²) in [6.07, 6.45) is 17.3. The van der Waals surface area contributed by atoms with Gasteiger partial charge >= 0.3 is 5.97 Å². The summed E-state index contributed by atoms with van der Waals surface area (Å²) >= 11 is 0. The first-order valence-corrected chi connectivity index (χ1v) is 7.70. The summed E-state index contributed by atoms with van der Waals surface area (Å²) in [5.41, 5.74) is 1.45. The lowest BCUT2D eigenvalue weighted by molar-refractivity contribution is -0.140. The zero-order chi connectivity index (χ0) is 13.9. The molecule has 0 heterocycles. The summed E-state index contributed by atoms with van der Waals surface area (Å²) < 4.78 is 4.63. The molecule has 0 aromatic carbocycles. The van der Waals surface area contributed by atoms with Crippen molar-refractivity contribution in [3.05, 3.63) is 23.8 Å². The largest absolute Gasteiger partial charge is 0.469 e. The lowest BCUT2D eigenvalue weighted by Gasteiger charge is -2.18. The smallest absolute Gasteiger partial charge is 0.305 e. The van der Waals surface area contributed by atoms with Crippen molar-refractivity contribution in [2.24, 2.45) is 5.92 Å². The van der Waals surface area contributed by atoms with Crippen LogP contribution >= 0.6 is 0 Å². The molecule has 1 saturated carbocycles. The first-order chi connectivity index (χ1) is 9.26. The van der Waals surface area contributed by atoms with Crippen molar-refractivity contribution in [3.8, 4) is 0 Å². The van der Waals surface area contributed by atoms with Crippen molar-refractivity contribution in [2.75, 3.05) is 7.11 Å². The van der Waals surface area contributed by atoms with Crippen LogP contribution in [0, 0.1) is 5.92 Å². The van der Waals surface area contributed by atoms with E-state index in [4.69, 9.17) is 0 Å². The lowest BCUT2D eigenvalue weighted by atomic mass is 9.87. The normalized spacial score (nSPS) is 17.9. The highest BCUT2D eigenvalue weighted by Crippen LogP contribution is 2.26. The van der Waals surface area contributed by atoms with E-state index >= 15 is 0 Å². The summed E-state index contributed by atoms with van der Waals surface area (Å²) in [5.74, 6) is 0.685. The van der Waals surface area contributed by atoms with Crippen LogP contribution in [0.25, 0.3) is 0 Å². The fourth-order valence-electron chi connectivity index (χ4n) is 2.60. The Morgan fingerprint density at radius 1 is 1.26 bits per heavy atom. The zero-order valence-electron chi connectivity index (χ0n) is 12.5. The number of ether oxygens (including phenoxy) is 1. The van der Waals surface area contributed by atoms with Crippen molar-refractivity contribution in [1.29, 1.82) is 0 Å². The average Bonchev–Trinajstić information content (AvgIpc) is 2.46. The molecule has 0 N–H and O–H groups in total. The highest BCUT2D eigenvalue weighted by Gasteiger charge is 2.10. The topological polar surface area (TPSA) is 26.3 Å². The first kappa shape index (κ1) is 16.0. The van der Waals surface area contributed by atoms with E-state index in [0.29, 0.717) is 6.42 Å². The second-order valence-electron chi connectivity index (χ2n) is 5.36. The molecular weight excluding hydrogens is 236 g/mol. The molecule has 0 amide bonds. The molecule has 0 atom stereocenters. The van der Waals surface area contributed by atoms with Gasteiger partial charge in [-0.3, -0.25) is 4.79 Å². The van der Waals surface area contributed by atoms with Gasteiger partial charge in [0, 0.05) is 6.42 Å². The van der Waals surface area contributed by atoms with Crippen LogP contribution in [0.1, 0.15) is 64.7 Å². The maximum atomic E-state index is 11.0. The SMILES string of the molecule is CCC(/C=C/CCCC(=O)OC)=C\C1CCCCC1. The highest BCUT2D eigenvalue weighted by atomic mass is 16.5. The van der Waals surface area contributed by atoms with Crippen molar-refractivity contribution >= 4 is 5.97 Å². The van der Waals surface area contributed by atoms with Gasteiger partial charge in [-0.05, 0) is 38.0 Å². The Kier molecular flexibility index (Phi) is 8.28. The van der Waals surface area contributed by atoms with Gasteiger partial charge in [-0.2, -0.15) is 0 Å². The molecule has 0 aliphatic heterocycles. The van der Waals surface area contributed by atoms with E-state index in [1.54, 1.807) is 0 Å². The number of carbonyl (C=O) groups is 1.